The van der Waals surface area contributed by atoms with Crippen LogP contribution in [0, 0.1) is 5.92 Å². The van der Waals surface area contributed by atoms with Gasteiger partial charge in [-0.15, -0.1) is 0 Å². The van der Waals surface area contributed by atoms with E-state index in [4.69, 9.17) is 9.47 Å². The topological polar surface area (TPSA) is 41.9 Å². The predicted molar refractivity (Wildman–Crippen MR) is 90.2 cm³/mol. The summed E-state index contributed by atoms with van der Waals surface area (Å²) in [5, 5.41) is 10.1. The van der Waals surface area contributed by atoms with Crippen molar-refractivity contribution in [3.05, 3.63) is 29.8 Å². The van der Waals surface area contributed by atoms with Gasteiger partial charge in [0.2, 0.25) is 0 Å². The van der Waals surface area contributed by atoms with E-state index in [-0.39, 0.29) is 0 Å². The first-order chi connectivity index (χ1) is 10.5. The van der Waals surface area contributed by atoms with Crippen molar-refractivity contribution in [1.82, 2.24) is 4.90 Å². The van der Waals surface area contributed by atoms with Crippen LogP contribution < -0.4 is 4.74 Å². The van der Waals surface area contributed by atoms with E-state index in [1.807, 2.05) is 18.2 Å². The Morgan fingerprint density at radius 1 is 1.23 bits per heavy atom. The van der Waals surface area contributed by atoms with Crippen LogP contribution in [0.2, 0.25) is 0 Å². The standard InChI is InChI=1S/C18H31NO3/c1-5-9-19(12-17(20)14-22-13-15(2)3)11-16-7-6-8-18(10-16)21-4/h6-8,10,15,17,20H,5,9,11-14H2,1-4H3. The normalized spacial score (nSPS) is 12.9. The zero-order chi connectivity index (χ0) is 16.4. The van der Waals surface area contributed by atoms with Gasteiger partial charge in [-0.2, -0.15) is 0 Å². The zero-order valence-corrected chi connectivity index (χ0v) is 14.4. The Hall–Kier alpha value is -1.10. The molecule has 22 heavy (non-hydrogen) atoms. The summed E-state index contributed by atoms with van der Waals surface area (Å²) in [5.74, 6) is 1.37. The summed E-state index contributed by atoms with van der Waals surface area (Å²) in [6.07, 6.45) is 0.611. The number of nitrogens with zero attached hydrogens (tertiary/aromatic N) is 1. The molecule has 1 atom stereocenters. The molecule has 0 aliphatic carbocycles. The first kappa shape index (κ1) is 18.9. The summed E-state index contributed by atoms with van der Waals surface area (Å²) in [4.78, 5) is 2.26. The number of methoxy groups -OCH3 is 1. The number of hydrogen-bond acceptors (Lipinski definition) is 4. The van der Waals surface area contributed by atoms with Gasteiger partial charge in [-0.25, -0.2) is 0 Å². The van der Waals surface area contributed by atoms with Crippen LogP contribution in [-0.4, -0.2) is 49.5 Å². The van der Waals surface area contributed by atoms with Gasteiger partial charge in [-0.3, -0.25) is 4.90 Å². The molecule has 0 saturated carbocycles. The van der Waals surface area contributed by atoms with Gasteiger partial charge >= 0.3 is 0 Å². The van der Waals surface area contributed by atoms with Gasteiger partial charge in [-0.1, -0.05) is 32.9 Å². The second kappa shape index (κ2) is 10.6. The molecule has 0 amide bonds. The highest BCUT2D eigenvalue weighted by atomic mass is 16.5. The molecule has 1 unspecified atom stereocenters. The molecule has 0 aromatic heterocycles. The summed E-state index contributed by atoms with van der Waals surface area (Å²) < 4.78 is 10.8. The number of hydrogen-bond donors (Lipinski definition) is 1. The summed E-state index contributed by atoms with van der Waals surface area (Å²) in [6, 6.07) is 8.08. The highest BCUT2D eigenvalue weighted by molar-refractivity contribution is 5.28. The molecule has 4 nitrogen and oxygen atoms in total. The van der Waals surface area contributed by atoms with Crippen LogP contribution in [0.15, 0.2) is 24.3 Å². The molecule has 1 aromatic rings. The molecule has 0 heterocycles. The third-order valence-corrected chi connectivity index (χ3v) is 3.31. The minimum absolute atomic E-state index is 0.399. The quantitative estimate of drug-likeness (QED) is 0.682. The molecule has 126 valence electrons. The van der Waals surface area contributed by atoms with Gasteiger partial charge in [0.1, 0.15) is 5.75 Å². The Balaban J connectivity index is 2.49. The first-order valence-corrected chi connectivity index (χ1v) is 8.16. The van der Waals surface area contributed by atoms with Crippen molar-refractivity contribution in [1.29, 1.82) is 0 Å². The van der Waals surface area contributed by atoms with Crippen LogP contribution in [0.1, 0.15) is 32.8 Å². The third kappa shape index (κ3) is 7.78. The average molecular weight is 309 g/mol. The van der Waals surface area contributed by atoms with Crippen LogP contribution in [0.25, 0.3) is 0 Å². The van der Waals surface area contributed by atoms with Crippen molar-refractivity contribution < 1.29 is 14.6 Å². The number of benzene rings is 1. The predicted octanol–water partition coefficient (Wildman–Crippen LogP) is 2.94. The number of ether oxygens (including phenoxy) is 2. The Kier molecular flexibility index (Phi) is 9.13. The Bertz CT molecular complexity index is 409. The van der Waals surface area contributed by atoms with E-state index in [1.165, 1.54) is 5.56 Å². The number of rotatable bonds is 11. The second-order valence-corrected chi connectivity index (χ2v) is 6.17. The summed E-state index contributed by atoms with van der Waals surface area (Å²) in [6.45, 7) is 9.86. The molecular formula is C18H31NO3. The Morgan fingerprint density at radius 3 is 2.64 bits per heavy atom. The maximum absolute atomic E-state index is 10.1. The first-order valence-electron chi connectivity index (χ1n) is 8.16. The molecule has 0 aliphatic rings. The summed E-state index contributed by atoms with van der Waals surface area (Å²) >= 11 is 0. The van der Waals surface area contributed by atoms with Crippen LogP contribution in [0.5, 0.6) is 5.75 Å². The largest absolute Gasteiger partial charge is 0.497 e. The number of aliphatic hydroxyl groups is 1. The molecule has 1 rings (SSSR count). The van der Waals surface area contributed by atoms with Crippen molar-refractivity contribution in [3.63, 3.8) is 0 Å². The van der Waals surface area contributed by atoms with Crippen molar-refractivity contribution in [3.8, 4) is 5.75 Å². The molecule has 0 bridgehead atoms. The molecule has 4 heteroatoms. The van der Waals surface area contributed by atoms with Crippen LogP contribution in [0.4, 0.5) is 0 Å². The third-order valence-electron chi connectivity index (χ3n) is 3.31. The number of aliphatic hydroxyl groups excluding tert-OH is 1. The lowest BCUT2D eigenvalue weighted by Gasteiger charge is -2.25. The molecule has 1 aromatic carbocycles. The smallest absolute Gasteiger partial charge is 0.119 e. The fourth-order valence-corrected chi connectivity index (χ4v) is 2.37. The highest BCUT2D eigenvalue weighted by Gasteiger charge is 2.12. The van der Waals surface area contributed by atoms with Gasteiger partial charge in [0.15, 0.2) is 0 Å². The molecular weight excluding hydrogens is 278 g/mol. The maximum Gasteiger partial charge on any atom is 0.119 e. The van der Waals surface area contributed by atoms with E-state index in [0.29, 0.717) is 25.7 Å². The van der Waals surface area contributed by atoms with E-state index in [1.54, 1.807) is 7.11 Å². The lowest BCUT2D eigenvalue weighted by molar-refractivity contribution is 0.00691. The zero-order valence-electron chi connectivity index (χ0n) is 14.4. The second-order valence-electron chi connectivity index (χ2n) is 6.17. The van der Waals surface area contributed by atoms with E-state index in [2.05, 4.69) is 31.7 Å². The van der Waals surface area contributed by atoms with E-state index >= 15 is 0 Å². The molecule has 1 N–H and O–H groups in total. The van der Waals surface area contributed by atoms with Gasteiger partial charge in [0.25, 0.3) is 0 Å². The van der Waals surface area contributed by atoms with Crippen molar-refractivity contribution in [2.45, 2.75) is 39.8 Å². The molecule has 0 radical (unpaired) electrons. The van der Waals surface area contributed by atoms with Crippen molar-refractivity contribution >= 4 is 0 Å². The summed E-state index contributed by atoms with van der Waals surface area (Å²) in [5.41, 5.74) is 1.20. The molecule has 0 spiro atoms. The van der Waals surface area contributed by atoms with Crippen LogP contribution >= 0.6 is 0 Å². The minimum Gasteiger partial charge on any atom is -0.497 e. The van der Waals surface area contributed by atoms with E-state index in [0.717, 1.165) is 25.3 Å². The maximum atomic E-state index is 10.1. The van der Waals surface area contributed by atoms with Crippen LogP contribution in [-0.2, 0) is 11.3 Å². The fraction of sp³-hybridized carbons (Fsp3) is 0.667. The fourth-order valence-electron chi connectivity index (χ4n) is 2.37. The SMILES string of the molecule is CCCN(Cc1cccc(OC)c1)CC(O)COCC(C)C. The summed E-state index contributed by atoms with van der Waals surface area (Å²) in [7, 11) is 1.68. The minimum atomic E-state index is -0.448. The van der Waals surface area contributed by atoms with E-state index < -0.39 is 6.10 Å². The molecule has 0 aliphatic heterocycles. The van der Waals surface area contributed by atoms with Crippen LogP contribution in [0.3, 0.4) is 0 Å². The molecule has 0 saturated heterocycles. The lowest BCUT2D eigenvalue weighted by Crippen LogP contribution is -2.35. The van der Waals surface area contributed by atoms with Gasteiger partial charge in [-0.05, 0) is 36.6 Å². The monoisotopic (exact) mass is 309 g/mol. The van der Waals surface area contributed by atoms with Gasteiger partial charge < -0.3 is 14.6 Å². The Morgan fingerprint density at radius 2 is 2.00 bits per heavy atom. The van der Waals surface area contributed by atoms with Gasteiger partial charge in [0.05, 0.1) is 19.8 Å². The Labute approximate surface area is 135 Å². The van der Waals surface area contributed by atoms with E-state index in [9.17, 15) is 5.11 Å². The average Bonchev–Trinajstić information content (AvgIpc) is 2.47. The van der Waals surface area contributed by atoms with Gasteiger partial charge in [0, 0.05) is 19.7 Å². The van der Waals surface area contributed by atoms with Crippen molar-refractivity contribution in [2.75, 3.05) is 33.4 Å². The molecule has 0 fully saturated rings. The van der Waals surface area contributed by atoms with Crippen molar-refractivity contribution in [2.24, 2.45) is 5.92 Å². The lowest BCUT2D eigenvalue weighted by atomic mass is 10.2. The highest BCUT2D eigenvalue weighted by Crippen LogP contribution is 2.14.